The number of aromatic nitrogens is 2. The number of nitrogens with one attached hydrogen (secondary N) is 1. The van der Waals surface area contributed by atoms with Gasteiger partial charge in [-0.1, -0.05) is 30.0 Å². The van der Waals surface area contributed by atoms with Gasteiger partial charge in [0.25, 0.3) is 0 Å². The molecule has 3 rings (SSSR count). The maximum atomic E-state index is 13.2. The summed E-state index contributed by atoms with van der Waals surface area (Å²) in [7, 11) is 1.56. The molecule has 5 nitrogen and oxygen atoms in total. The molecule has 0 spiro atoms. The van der Waals surface area contributed by atoms with E-state index >= 15 is 0 Å². The van der Waals surface area contributed by atoms with Gasteiger partial charge in [0, 0.05) is 6.54 Å². The van der Waals surface area contributed by atoms with E-state index in [1.807, 2.05) is 12.1 Å². The molecule has 0 aliphatic carbocycles. The Balaban J connectivity index is 1.64. The molecule has 29 heavy (non-hydrogen) atoms. The third kappa shape index (κ3) is 5.94. The van der Waals surface area contributed by atoms with Crippen LogP contribution < -0.4 is 10.1 Å². The van der Waals surface area contributed by atoms with Crippen molar-refractivity contribution in [1.29, 1.82) is 0 Å². The Kier molecular flexibility index (Phi) is 6.75. The molecule has 0 aliphatic rings. The summed E-state index contributed by atoms with van der Waals surface area (Å²) < 4.78 is 44.6. The third-order valence-corrected chi connectivity index (χ3v) is 5.49. The molecular weight excluding hydrogens is 423 g/mol. The fourth-order valence-corrected chi connectivity index (χ4v) is 3.68. The van der Waals surface area contributed by atoms with Gasteiger partial charge >= 0.3 is 6.18 Å². The van der Waals surface area contributed by atoms with Crippen molar-refractivity contribution in [2.75, 3.05) is 12.9 Å². The summed E-state index contributed by atoms with van der Waals surface area (Å²) in [6.45, 7) is 0.299. The number of thiophene rings is 1. The van der Waals surface area contributed by atoms with Crippen LogP contribution in [0.4, 0.5) is 13.2 Å². The van der Waals surface area contributed by atoms with Crippen LogP contribution in [0.1, 0.15) is 11.3 Å². The fraction of sp³-hybridized carbons (Fsp3) is 0.211. The number of ether oxygens (including phenoxy) is 1. The van der Waals surface area contributed by atoms with E-state index in [4.69, 9.17) is 4.74 Å². The van der Waals surface area contributed by atoms with Crippen LogP contribution in [0.3, 0.4) is 0 Å². The minimum Gasteiger partial charge on any atom is -0.497 e. The predicted octanol–water partition coefficient (Wildman–Crippen LogP) is 4.64. The SMILES string of the molecule is COc1ccc(CNC(=O)CSc2nc(-c3cccs3)cc(C(F)(F)F)n2)cc1. The van der Waals surface area contributed by atoms with Crippen molar-refractivity contribution in [3.05, 3.63) is 59.1 Å². The van der Waals surface area contributed by atoms with Gasteiger partial charge in [0.05, 0.1) is 23.4 Å². The average molecular weight is 439 g/mol. The molecule has 2 heterocycles. The lowest BCUT2D eigenvalue weighted by atomic mass is 10.2. The number of rotatable bonds is 7. The van der Waals surface area contributed by atoms with E-state index in [-0.39, 0.29) is 22.5 Å². The molecule has 2 aromatic heterocycles. The zero-order chi connectivity index (χ0) is 20.9. The lowest BCUT2D eigenvalue weighted by molar-refractivity contribution is -0.141. The minimum absolute atomic E-state index is 0.0946. The largest absolute Gasteiger partial charge is 0.497 e. The number of nitrogens with zero attached hydrogens (tertiary/aromatic N) is 2. The van der Waals surface area contributed by atoms with Gasteiger partial charge in [-0.2, -0.15) is 13.2 Å². The number of alkyl halides is 3. The van der Waals surface area contributed by atoms with Gasteiger partial charge in [-0.3, -0.25) is 4.79 Å². The second-order valence-electron chi connectivity index (χ2n) is 5.81. The number of benzene rings is 1. The van der Waals surface area contributed by atoms with E-state index in [1.165, 1.54) is 11.3 Å². The number of hydrogen-bond donors (Lipinski definition) is 1. The van der Waals surface area contributed by atoms with Crippen molar-refractivity contribution in [1.82, 2.24) is 15.3 Å². The zero-order valence-corrected chi connectivity index (χ0v) is 16.8. The Hall–Kier alpha value is -2.59. The highest BCUT2D eigenvalue weighted by atomic mass is 32.2. The van der Waals surface area contributed by atoms with Crippen LogP contribution in [0, 0.1) is 0 Å². The summed E-state index contributed by atoms with van der Waals surface area (Å²) in [5.74, 6) is 0.282. The molecule has 0 unspecified atom stereocenters. The summed E-state index contributed by atoms with van der Waals surface area (Å²) in [6.07, 6.45) is -4.60. The smallest absolute Gasteiger partial charge is 0.433 e. The van der Waals surface area contributed by atoms with Crippen LogP contribution in [-0.2, 0) is 17.5 Å². The maximum Gasteiger partial charge on any atom is 0.433 e. The number of thioether (sulfide) groups is 1. The van der Waals surface area contributed by atoms with Crippen LogP contribution in [0.5, 0.6) is 5.75 Å². The molecule has 0 saturated heterocycles. The normalized spacial score (nSPS) is 11.3. The Morgan fingerprint density at radius 2 is 1.97 bits per heavy atom. The van der Waals surface area contributed by atoms with Crippen LogP contribution >= 0.6 is 23.1 Å². The molecule has 0 saturated carbocycles. The highest BCUT2D eigenvalue weighted by molar-refractivity contribution is 7.99. The molecule has 1 N–H and O–H groups in total. The second-order valence-corrected chi connectivity index (χ2v) is 7.70. The summed E-state index contributed by atoms with van der Waals surface area (Å²) in [6, 6.07) is 11.5. The molecule has 1 amide bonds. The summed E-state index contributed by atoms with van der Waals surface area (Å²) in [5, 5.41) is 4.38. The number of hydrogen-bond acceptors (Lipinski definition) is 6. The van der Waals surface area contributed by atoms with Crippen molar-refractivity contribution >= 4 is 29.0 Å². The first-order valence-electron chi connectivity index (χ1n) is 8.38. The first-order chi connectivity index (χ1) is 13.8. The van der Waals surface area contributed by atoms with Crippen molar-refractivity contribution < 1.29 is 22.7 Å². The number of carbonyl (C=O) groups is 1. The van der Waals surface area contributed by atoms with Gasteiger partial charge in [0.2, 0.25) is 5.91 Å². The van der Waals surface area contributed by atoms with E-state index in [0.29, 0.717) is 17.2 Å². The van der Waals surface area contributed by atoms with Gasteiger partial charge in [-0.25, -0.2) is 9.97 Å². The van der Waals surface area contributed by atoms with E-state index in [1.54, 1.807) is 36.8 Å². The van der Waals surface area contributed by atoms with Gasteiger partial charge < -0.3 is 10.1 Å². The maximum absolute atomic E-state index is 13.2. The molecule has 0 bridgehead atoms. The van der Waals surface area contributed by atoms with Gasteiger partial charge in [-0.15, -0.1) is 11.3 Å². The fourth-order valence-electron chi connectivity index (χ4n) is 2.31. The first kappa shape index (κ1) is 21.1. The topological polar surface area (TPSA) is 64.1 Å². The monoisotopic (exact) mass is 439 g/mol. The van der Waals surface area contributed by atoms with Gasteiger partial charge in [0.1, 0.15) is 11.4 Å². The number of halogens is 3. The molecule has 0 fully saturated rings. The number of carbonyl (C=O) groups excluding carboxylic acids is 1. The lowest BCUT2D eigenvalue weighted by Crippen LogP contribution is -2.24. The molecule has 3 aromatic rings. The Morgan fingerprint density at radius 1 is 1.21 bits per heavy atom. The molecular formula is C19H16F3N3O2S2. The van der Waals surface area contributed by atoms with Gasteiger partial charge in [0.15, 0.2) is 5.16 Å². The standard InChI is InChI=1S/C19H16F3N3O2S2/c1-27-13-6-4-12(5-7-13)10-23-17(26)11-29-18-24-14(15-3-2-8-28-15)9-16(25-18)19(20,21)22/h2-9H,10-11H2,1H3,(H,23,26). The molecule has 152 valence electrons. The molecule has 0 aliphatic heterocycles. The zero-order valence-electron chi connectivity index (χ0n) is 15.2. The van der Waals surface area contributed by atoms with E-state index in [0.717, 1.165) is 23.4 Å². The second kappa shape index (κ2) is 9.27. The van der Waals surface area contributed by atoms with E-state index < -0.39 is 11.9 Å². The summed E-state index contributed by atoms with van der Waals surface area (Å²) in [4.78, 5) is 20.4. The van der Waals surface area contributed by atoms with Crippen LogP contribution in [0.2, 0.25) is 0 Å². The van der Waals surface area contributed by atoms with Gasteiger partial charge in [-0.05, 0) is 35.2 Å². The van der Waals surface area contributed by atoms with Crippen LogP contribution in [0.15, 0.2) is 53.0 Å². The summed E-state index contributed by atoms with van der Waals surface area (Å²) >= 11 is 2.14. The number of amides is 1. The molecule has 10 heteroatoms. The Morgan fingerprint density at radius 3 is 2.59 bits per heavy atom. The third-order valence-electron chi connectivity index (χ3n) is 3.75. The highest BCUT2D eigenvalue weighted by Gasteiger charge is 2.34. The van der Waals surface area contributed by atoms with E-state index in [2.05, 4.69) is 15.3 Å². The van der Waals surface area contributed by atoms with Crippen molar-refractivity contribution in [2.45, 2.75) is 17.9 Å². The highest BCUT2D eigenvalue weighted by Crippen LogP contribution is 2.33. The first-order valence-corrected chi connectivity index (χ1v) is 10.2. The number of methoxy groups -OCH3 is 1. The lowest BCUT2D eigenvalue weighted by Gasteiger charge is -2.10. The Bertz CT molecular complexity index is 962. The molecule has 0 atom stereocenters. The summed E-state index contributed by atoms with van der Waals surface area (Å²) in [5.41, 5.74) is 0.0277. The van der Waals surface area contributed by atoms with Crippen LogP contribution in [0.25, 0.3) is 10.6 Å². The van der Waals surface area contributed by atoms with Crippen molar-refractivity contribution in [3.63, 3.8) is 0 Å². The average Bonchev–Trinajstić information content (AvgIpc) is 3.25. The quantitative estimate of drug-likeness (QED) is 0.429. The van der Waals surface area contributed by atoms with Crippen molar-refractivity contribution in [2.24, 2.45) is 0 Å². The Labute approximate surface area is 173 Å². The predicted molar refractivity (Wildman–Crippen MR) is 106 cm³/mol. The molecule has 0 radical (unpaired) electrons. The van der Waals surface area contributed by atoms with Crippen molar-refractivity contribution in [3.8, 4) is 16.3 Å². The van der Waals surface area contributed by atoms with E-state index in [9.17, 15) is 18.0 Å². The molecule has 1 aromatic carbocycles. The minimum atomic E-state index is -4.60. The van der Waals surface area contributed by atoms with Crippen LogP contribution in [-0.4, -0.2) is 28.7 Å².